The number of carbonyl (C=O) groups is 2. The van der Waals surface area contributed by atoms with Crippen LogP contribution in [0.15, 0.2) is 87.2 Å². The van der Waals surface area contributed by atoms with Gasteiger partial charge in [-0.2, -0.15) is 0 Å². The number of carbonyl (C=O) groups excluding carboxylic acids is 2. The number of anilines is 1. The van der Waals surface area contributed by atoms with Gasteiger partial charge in [-0.3, -0.25) is 14.5 Å². The minimum atomic E-state index is -0.948. The zero-order valence-electron chi connectivity index (χ0n) is 19.8. The van der Waals surface area contributed by atoms with E-state index in [0.29, 0.717) is 27.0 Å². The lowest BCUT2D eigenvalue weighted by Gasteiger charge is -2.22. The molecule has 1 aliphatic rings. The zero-order valence-corrected chi connectivity index (χ0v) is 23.0. The van der Waals surface area contributed by atoms with Gasteiger partial charge >= 0.3 is 5.91 Å². The van der Waals surface area contributed by atoms with Crippen LogP contribution >= 0.6 is 39.0 Å². The minimum Gasteiger partial charge on any atom is -0.507 e. The fourth-order valence-electron chi connectivity index (χ4n) is 4.00. The Morgan fingerprint density at radius 3 is 2.55 bits per heavy atom. The Labute approximate surface area is 234 Å². The van der Waals surface area contributed by atoms with Crippen molar-refractivity contribution >= 4 is 61.6 Å². The van der Waals surface area contributed by atoms with Gasteiger partial charge in [0.05, 0.1) is 18.7 Å². The minimum absolute atomic E-state index is 0.0544. The van der Waals surface area contributed by atoms with Crippen LogP contribution in [0.2, 0.25) is 0 Å². The number of aliphatic hydroxyl groups excluding tert-OH is 1. The molecule has 1 saturated heterocycles. The van der Waals surface area contributed by atoms with Crippen LogP contribution in [0.5, 0.6) is 5.75 Å². The molecule has 5 rings (SSSR count). The molecular formula is C27H19BrFN3O4S2. The van der Waals surface area contributed by atoms with Crippen molar-refractivity contribution in [3.05, 3.63) is 105 Å². The normalized spacial score (nSPS) is 16.7. The van der Waals surface area contributed by atoms with Gasteiger partial charge in [-0.05, 0) is 47.5 Å². The number of Topliss-reactive ketones (excluding diaryl/α,β-unsaturated/α-hetero) is 1. The summed E-state index contributed by atoms with van der Waals surface area (Å²) < 4.78 is 20.0. The largest absolute Gasteiger partial charge is 0.507 e. The Kier molecular flexibility index (Phi) is 7.59. The highest BCUT2D eigenvalue weighted by Gasteiger charge is 2.48. The van der Waals surface area contributed by atoms with Gasteiger partial charge in [-0.1, -0.05) is 75.4 Å². The van der Waals surface area contributed by atoms with E-state index in [1.807, 2.05) is 0 Å². The van der Waals surface area contributed by atoms with E-state index in [-0.39, 0.29) is 22.3 Å². The van der Waals surface area contributed by atoms with Crippen LogP contribution in [-0.2, 0) is 15.3 Å². The van der Waals surface area contributed by atoms with Crippen LogP contribution in [0.25, 0.3) is 5.76 Å². The smallest absolute Gasteiger partial charge is 0.301 e. The number of aliphatic hydroxyl groups is 1. The van der Waals surface area contributed by atoms with Crippen LogP contribution in [0.1, 0.15) is 22.7 Å². The van der Waals surface area contributed by atoms with Crippen molar-refractivity contribution in [3.8, 4) is 5.75 Å². The molecule has 4 aromatic rings. The molecule has 0 radical (unpaired) electrons. The Balaban J connectivity index is 1.54. The molecule has 7 nitrogen and oxygen atoms in total. The number of rotatable bonds is 7. The second-order valence-corrected chi connectivity index (χ2v) is 11.3. The van der Waals surface area contributed by atoms with Crippen molar-refractivity contribution < 1.29 is 23.8 Å². The lowest BCUT2D eigenvalue weighted by atomic mass is 9.95. The highest BCUT2D eigenvalue weighted by atomic mass is 79.9. The Bertz CT molecular complexity index is 1540. The molecule has 1 atom stereocenters. The summed E-state index contributed by atoms with van der Waals surface area (Å²) in [5, 5.41) is 19.8. The third-order valence-corrected chi connectivity index (χ3v) is 8.50. The second kappa shape index (κ2) is 11.1. The molecule has 1 unspecified atom stereocenters. The van der Waals surface area contributed by atoms with Gasteiger partial charge in [-0.15, -0.1) is 10.2 Å². The van der Waals surface area contributed by atoms with E-state index in [2.05, 4.69) is 26.1 Å². The first-order valence-electron chi connectivity index (χ1n) is 11.3. The van der Waals surface area contributed by atoms with E-state index in [9.17, 15) is 19.1 Å². The molecule has 1 fully saturated rings. The first-order chi connectivity index (χ1) is 18.4. The predicted octanol–water partition coefficient (Wildman–Crippen LogP) is 6.37. The third kappa shape index (κ3) is 5.22. The number of ether oxygens (including phenoxy) is 1. The first-order valence-corrected chi connectivity index (χ1v) is 13.9. The summed E-state index contributed by atoms with van der Waals surface area (Å²) in [6.45, 7) is 0. The van der Waals surface area contributed by atoms with Crippen molar-refractivity contribution in [2.75, 3.05) is 12.0 Å². The predicted molar refractivity (Wildman–Crippen MR) is 148 cm³/mol. The van der Waals surface area contributed by atoms with Gasteiger partial charge in [-0.25, -0.2) is 4.39 Å². The van der Waals surface area contributed by atoms with E-state index in [1.54, 1.807) is 60.7 Å². The summed E-state index contributed by atoms with van der Waals surface area (Å²) in [5.74, 6) is -1.19. The summed E-state index contributed by atoms with van der Waals surface area (Å²) in [6, 6.07) is 19.0. The average molecular weight is 613 g/mol. The molecule has 1 N–H and O–H groups in total. The lowest BCUT2D eigenvalue weighted by Crippen LogP contribution is -2.29. The Hall–Kier alpha value is -3.54. The number of aromatic nitrogens is 2. The van der Waals surface area contributed by atoms with Gasteiger partial charge in [0.2, 0.25) is 5.13 Å². The van der Waals surface area contributed by atoms with Crippen molar-refractivity contribution in [1.29, 1.82) is 0 Å². The van der Waals surface area contributed by atoms with Crippen molar-refractivity contribution in [2.24, 2.45) is 0 Å². The average Bonchev–Trinajstić information content (AvgIpc) is 3.50. The van der Waals surface area contributed by atoms with Crippen LogP contribution in [0.3, 0.4) is 0 Å². The fourth-order valence-corrected chi connectivity index (χ4v) is 6.09. The van der Waals surface area contributed by atoms with Gasteiger partial charge in [0.15, 0.2) is 4.34 Å². The number of benzene rings is 3. The van der Waals surface area contributed by atoms with Crippen LogP contribution in [0.4, 0.5) is 9.52 Å². The monoisotopic (exact) mass is 611 g/mol. The van der Waals surface area contributed by atoms with Crippen LogP contribution < -0.4 is 9.64 Å². The van der Waals surface area contributed by atoms with E-state index in [1.165, 1.54) is 35.9 Å². The van der Waals surface area contributed by atoms with E-state index in [0.717, 1.165) is 21.4 Å². The van der Waals surface area contributed by atoms with Gasteiger partial charge in [0.25, 0.3) is 5.78 Å². The van der Waals surface area contributed by atoms with Gasteiger partial charge in [0.1, 0.15) is 17.3 Å². The molecule has 0 aliphatic carbocycles. The van der Waals surface area contributed by atoms with Crippen molar-refractivity contribution in [3.63, 3.8) is 0 Å². The lowest BCUT2D eigenvalue weighted by molar-refractivity contribution is -0.132. The maximum absolute atomic E-state index is 13.4. The summed E-state index contributed by atoms with van der Waals surface area (Å²) in [7, 11) is 1.52. The van der Waals surface area contributed by atoms with Crippen molar-refractivity contribution in [2.45, 2.75) is 16.1 Å². The molecule has 1 aromatic heterocycles. The Morgan fingerprint density at radius 2 is 1.84 bits per heavy atom. The molecule has 11 heteroatoms. The topological polar surface area (TPSA) is 92.6 Å². The highest BCUT2D eigenvalue weighted by molar-refractivity contribution is 9.10. The summed E-state index contributed by atoms with van der Waals surface area (Å²) >= 11 is 5.90. The van der Waals surface area contributed by atoms with E-state index < -0.39 is 17.7 Å². The van der Waals surface area contributed by atoms with E-state index >= 15 is 0 Å². The van der Waals surface area contributed by atoms with Crippen molar-refractivity contribution in [1.82, 2.24) is 10.2 Å². The standard InChI is InChI=1S/C27H19BrFN3O4S2/c1-36-20-4-2-3-17(13-20)22-21(23(33)16-7-9-18(28)10-8-16)24(34)25(35)32(22)26-30-31-27(38-26)37-14-15-5-11-19(29)12-6-15/h2-13,22,33H,14H2,1H3/b23-21-. The second-order valence-electron chi connectivity index (χ2n) is 8.22. The number of hydrogen-bond donors (Lipinski definition) is 1. The number of hydrogen-bond acceptors (Lipinski definition) is 8. The molecule has 0 spiro atoms. The maximum atomic E-state index is 13.4. The van der Waals surface area contributed by atoms with Crippen LogP contribution in [0, 0.1) is 5.82 Å². The summed E-state index contributed by atoms with van der Waals surface area (Å²) in [5.41, 5.74) is 1.81. The molecule has 0 saturated carbocycles. The first kappa shape index (κ1) is 26.1. The number of halogens is 2. The number of methoxy groups -OCH3 is 1. The molecule has 0 bridgehead atoms. The maximum Gasteiger partial charge on any atom is 0.301 e. The van der Waals surface area contributed by atoms with Gasteiger partial charge < -0.3 is 9.84 Å². The molecule has 38 heavy (non-hydrogen) atoms. The Morgan fingerprint density at radius 1 is 1.11 bits per heavy atom. The fraction of sp³-hybridized carbons (Fsp3) is 0.111. The van der Waals surface area contributed by atoms with E-state index in [4.69, 9.17) is 4.74 Å². The molecule has 192 valence electrons. The highest BCUT2D eigenvalue weighted by Crippen LogP contribution is 2.44. The summed E-state index contributed by atoms with van der Waals surface area (Å²) in [6.07, 6.45) is 0. The van der Waals surface area contributed by atoms with Crippen LogP contribution in [-0.4, -0.2) is 34.1 Å². The number of nitrogens with zero attached hydrogens (tertiary/aromatic N) is 3. The number of amides is 1. The third-order valence-electron chi connectivity index (χ3n) is 5.85. The summed E-state index contributed by atoms with van der Waals surface area (Å²) in [4.78, 5) is 27.9. The SMILES string of the molecule is COc1cccc(C2/C(=C(/O)c3ccc(Br)cc3)C(=O)C(=O)N2c2nnc(SCc3ccc(F)cc3)s2)c1. The molecule has 1 amide bonds. The van der Waals surface area contributed by atoms with Gasteiger partial charge in [0, 0.05) is 15.8 Å². The molecule has 3 aromatic carbocycles. The zero-order chi connectivity index (χ0) is 26.8. The molecule has 2 heterocycles. The molecular weight excluding hydrogens is 593 g/mol. The number of thioether (sulfide) groups is 1. The quantitative estimate of drug-likeness (QED) is 0.0853. The molecule has 1 aliphatic heterocycles. The number of ketones is 1.